The number of aliphatic hydroxyl groups is 1. The van der Waals surface area contributed by atoms with Crippen molar-refractivity contribution in [3.05, 3.63) is 35.4 Å². The zero-order chi connectivity index (χ0) is 17.4. The van der Waals surface area contributed by atoms with Gasteiger partial charge in [-0.1, -0.05) is 18.6 Å². The van der Waals surface area contributed by atoms with Gasteiger partial charge in [0.15, 0.2) is 0 Å². The molecular formula is C20H24N2O3. The minimum absolute atomic E-state index is 0.000699. The van der Waals surface area contributed by atoms with Crippen LogP contribution in [0.15, 0.2) is 24.3 Å². The summed E-state index contributed by atoms with van der Waals surface area (Å²) in [6.07, 6.45) is 4.24. The summed E-state index contributed by atoms with van der Waals surface area (Å²) in [7, 11) is 0. The quantitative estimate of drug-likeness (QED) is 0.916. The van der Waals surface area contributed by atoms with Gasteiger partial charge in [-0.15, -0.1) is 0 Å². The Morgan fingerprint density at radius 3 is 2.64 bits per heavy atom. The van der Waals surface area contributed by atoms with Gasteiger partial charge in [-0.25, -0.2) is 0 Å². The molecule has 0 spiro atoms. The molecule has 1 aliphatic heterocycles. The van der Waals surface area contributed by atoms with Crippen molar-refractivity contribution < 1.29 is 14.6 Å². The molecule has 0 aromatic heterocycles. The third-order valence-electron chi connectivity index (χ3n) is 6.10. The largest absolute Gasteiger partial charge is 0.393 e. The van der Waals surface area contributed by atoms with E-state index in [0.29, 0.717) is 25.3 Å². The summed E-state index contributed by atoms with van der Waals surface area (Å²) in [6, 6.07) is 9.86. The van der Waals surface area contributed by atoms with Gasteiger partial charge in [0, 0.05) is 18.0 Å². The molecule has 5 nitrogen and oxygen atoms in total. The lowest BCUT2D eigenvalue weighted by atomic mass is 9.93. The Bertz CT molecular complexity index is 690. The van der Waals surface area contributed by atoms with Crippen LogP contribution in [0.2, 0.25) is 0 Å². The topological polar surface area (TPSA) is 73.6 Å². The Labute approximate surface area is 148 Å². The minimum Gasteiger partial charge on any atom is -0.393 e. The standard InChI is InChI=1S/C20H24N2O3/c21-13-20(8-9-20)15-6-4-14(5-7-15)19(24)22-10-11-25-12-17(22)16-2-1-3-18(16)23/h4-7,16-18,23H,1-3,8-12H2. The maximum absolute atomic E-state index is 13.0. The van der Waals surface area contributed by atoms with Crippen molar-refractivity contribution in [2.75, 3.05) is 19.8 Å². The van der Waals surface area contributed by atoms with Crippen LogP contribution in [0, 0.1) is 17.2 Å². The molecule has 132 valence electrons. The van der Waals surface area contributed by atoms with Crippen molar-refractivity contribution in [2.45, 2.75) is 49.7 Å². The zero-order valence-corrected chi connectivity index (χ0v) is 14.4. The van der Waals surface area contributed by atoms with Gasteiger partial charge in [0.05, 0.1) is 36.8 Å². The summed E-state index contributed by atoms with van der Waals surface area (Å²) in [5.41, 5.74) is 1.34. The van der Waals surface area contributed by atoms with Crippen LogP contribution in [0.25, 0.3) is 0 Å². The number of hydrogen-bond acceptors (Lipinski definition) is 4. The van der Waals surface area contributed by atoms with E-state index in [1.807, 2.05) is 29.2 Å². The molecule has 3 unspecified atom stereocenters. The molecule has 0 bridgehead atoms. The minimum atomic E-state index is -0.338. The lowest BCUT2D eigenvalue weighted by molar-refractivity contribution is -0.0383. The Kier molecular flexibility index (Phi) is 4.26. The molecule has 1 amide bonds. The van der Waals surface area contributed by atoms with E-state index in [9.17, 15) is 15.2 Å². The Balaban J connectivity index is 1.53. The van der Waals surface area contributed by atoms with E-state index < -0.39 is 0 Å². The predicted molar refractivity (Wildman–Crippen MR) is 92.0 cm³/mol. The molecule has 1 heterocycles. The average Bonchev–Trinajstić information content (AvgIpc) is 3.35. The van der Waals surface area contributed by atoms with Crippen LogP contribution in [0.3, 0.4) is 0 Å². The number of benzene rings is 1. The second kappa shape index (κ2) is 6.44. The van der Waals surface area contributed by atoms with Crippen molar-refractivity contribution in [3.63, 3.8) is 0 Å². The third-order valence-corrected chi connectivity index (χ3v) is 6.10. The summed E-state index contributed by atoms with van der Waals surface area (Å²) in [5, 5.41) is 19.6. The van der Waals surface area contributed by atoms with Gasteiger partial charge < -0.3 is 14.7 Å². The van der Waals surface area contributed by atoms with E-state index >= 15 is 0 Å². The first-order valence-corrected chi connectivity index (χ1v) is 9.23. The molecule has 1 saturated heterocycles. The number of morpholine rings is 1. The van der Waals surface area contributed by atoms with Crippen molar-refractivity contribution in [2.24, 2.45) is 5.92 Å². The number of carbonyl (C=O) groups excluding carboxylic acids is 1. The van der Waals surface area contributed by atoms with E-state index in [1.165, 1.54) is 0 Å². The number of aliphatic hydroxyl groups excluding tert-OH is 1. The molecule has 0 radical (unpaired) electrons. The summed E-state index contributed by atoms with van der Waals surface area (Å²) < 4.78 is 5.60. The van der Waals surface area contributed by atoms with E-state index in [2.05, 4.69) is 6.07 Å². The van der Waals surface area contributed by atoms with Crippen LogP contribution < -0.4 is 0 Å². The number of rotatable bonds is 3. The summed E-state index contributed by atoms with van der Waals surface area (Å²) in [6.45, 7) is 1.61. The van der Waals surface area contributed by atoms with Gasteiger partial charge in [-0.3, -0.25) is 4.79 Å². The fourth-order valence-electron chi connectivity index (χ4n) is 4.34. The summed E-state index contributed by atoms with van der Waals surface area (Å²) in [4.78, 5) is 14.9. The van der Waals surface area contributed by atoms with Crippen molar-refractivity contribution in [1.82, 2.24) is 4.90 Å². The highest BCUT2D eigenvalue weighted by molar-refractivity contribution is 5.94. The monoisotopic (exact) mass is 340 g/mol. The van der Waals surface area contributed by atoms with Crippen LogP contribution in [0.1, 0.15) is 48.0 Å². The first kappa shape index (κ1) is 16.6. The van der Waals surface area contributed by atoms with Gasteiger partial charge in [0.2, 0.25) is 0 Å². The summed E-state index contributed by atoms with van der Waals surface area (Å²) in [5.74, 6) is 0.109. The number of nitriles is 1. The highest BCUT2D eigenvalue weighted by Gasteiger charge is 2.45. The van der Waals surface area contributed by atoms with Gasteiger partial charge >= 0.3 is 0 Å². The van der Waals surface area contributed by atoms with Crippen LogP contribution in [-0.4, -0.2) is 47.8 Å². The number of hydrogen-bond donors (Lipinski definition) is 1. The molecule has 25 heavy (non-hydrogen) atoms. The zero-order valence-electron chi connectivity index (χ0n) is 14.4. The lowest BCUT2D eigenvalue weighted by Gasteiger charge is -2.40. The molecule has 2 saturated carbocycles. The van der Waals surface area contributed by atoms with Gasteiger partial charge in [-0.2, -0.15) is 5.26 Å². The fraction of sp³-hybridized carbons (Fsp3) is 0.600. The number of carbonyl (C=O) groups is 1. The van der Waals surface area contributed by atoms with Crippen LogP contribution in [0.5, 0.6) is 0 Å². The molecule has 3 fully saturated rings. The molecule has 2 aliphatic carbocycles. The van der Waals surface area contributed by atoms with Gasteiger partial charge in [-0.05, 0) is 43.4 Å². The van der Waals surface area contributed by atoms with Crippen LogP contribution in [-0.2, 0) is 10.2 Å². The molecule has 3 aliphatic rings. The van der Waals surface area contributed by atoms with E-state index in [-0.39, 0.29) is 29.4 Å². The Morgan fingerprint density at radius 1 is 1.28 bits per heavy atom. The first-order valence-electron chi connectivity index (χ1n) is 9.23. The second-order valence-corrected chi connectivity index (χ2v) is 7.57. The van der Waals surface area contributed by atoms with Gasteiger partial charge in [0.25, 0.3) is 5.91 Å². The fourth-order valence-corrected chi connectivity index (χ4v) is 4.34. The molecule has 1 aromatic rings. The van der Waals surface area contributed by atoms with Crippen molar-refractivity contribution in [1.29, 1.82) is 5.26 Å². The smallest absolute Gasteiger partial charge is 0.254 e. The molecule has 1 aromatic carbocycles. The molecule has 5 heteroatoms. The number of ether oxygens (including phenoxy) is 1. The normalized spacial score (nSPS) is 30.7. The average molecular weight is 340 g/mol. The van der Waals surface area contributed by atoms with E-state index in [1.54, 1.807) is 0 Å². The highest BCUT2D eigenvalue weighted by atomic mass is 16.5. The first-order chi connectivity index (χ1) is 12.1. The second-order valence-electron chi connectivity index (χ2n) is 7.57. The Hall–Kier alpha value is -1.90. The lowest BCUT2D eigenvalue weighted by Crippen LogP contribution is -2.53. The van der Waals surface area contributed by atoms with Crippen LogP contribution >= 0.6 is 0 Å². The third kappa shape index (κ3) is 2.94. The number of nitrogens with zero attached hydrogens (tertiary/aromatic N) is 2. The maximum atomic E-state index is 13.0. The van der Waals surface area contributed by atoms with Crippen molar-refractivity contribution >= 4 is 5.91 Å². The van der Waals surface area contributed by atoms with E-state index in [4.69, 9.17) is 4.74 Å². The summed E-state index contributed by atoms with van der Waals surface area (Å²) >= 11 is 0. The SMILES string of the molecule is N#CC1(c2ccc(C(=O)N3CCOCC3C3CCCC3O)cc2)CC1. The molecule has 4 rings (SSSR count). The molecule has 3 atom stereocenters. The van der Waals surface area contributed by atoms with E-state index in [0.717, 1.165) is 37.7 Å². The molecule has 1 N–H and O–H groups in total. The highest BCUT2D eigenvalue weighted by Crippen LogP contribution is 2.47. The van der Waals surface area contributed by atoms with Crippen molar-refractivity contribution in [3.8, 4) is 6.07 Å². The predicted octanol–water partition coefficient (Wildman–Crippen LogP) is 2.24. The maximum Gasteiger partial charge on any atom is 0.254 e. The molecular weight excluding hydrogens is 316 g/mol. The van der Waals surface area contributed by atoms with Gasteiger partial charge in [0.1, 0.15) is 0 Å². The Morgan fingerprint density at radius 2 is 2.04 bits per heavy atom. The van der Waals surface area contributed by atoms with Crippen LogP contribution in [0.4, 0.5) is 0 Å². The number of amides is 1.